The molecule has 6 rings (SSSR count). The molecule has 0 unspecified atom stereocenters. The number of aromatic nitrogens is 1. The first-order chi connectivity index (χ1) is 17.3. The first-order valence-electron chi connectivity index (χ1n) is 11.5. The molecule has 1 fully saturated rings. The van der Waals surface area contributed by atoms with E-state index in [1.165, 1.54) is 11.5 Å². The van der Waals surface area contributed by atoms with E-state index in [1.54, 1.807) is 22.7 Å². The molecule has 1 aliphatic carbocycles. The number of aryl methyl sites for hydroxylation is 1. The fraction of sp³-hybridized carbons (Fsp3) is 0.222. The number of benzene rings is 2. The topological polar surface area (TPSA) is 88.5 Å². The van der Waals surface area contributed by atoms with Crippen molar-refractivity contribution in [3.05, 3.63) is 70.7 Å². The molecule has 0 spiro atoms. The molecule has 182 valence electrons. The van der Waals surface area contributed by atoms with Crippen molar-refractivity contribution in [2.24, 2.45) is 0 Å². The average Bonchev–Trinajstić information content (AvgIpc) is 3.24. The van der Waals surface area contributed by atoms with Gasteiger partial charge in [0.2, 0.25) is 0 Å². The highest BCUT2D eigenvalue weighted by Gasteiger charge is 2.52. The van der Waals surface area contributed by atoms with Crippen molar-refractivity contribution in [1.82, 2.24) is 4.37 Å². The van der Waals surface area contributed by atoms with Crippen molar-refractivity contribution >= 4 is 72.1 Å². The molecule has 0 radical (unpaired) electrons. The second-order valence-electron chi connectivity index (χ2n) is 9.09. The Kier molecular flexibility index (Phi) is 5.59. The van der Waals surface area contributed by atoms with Gasteiger partial charge in [-0.3, -0.25) is 10.1 Å². The number of nitrogens with zero attached hydrogens (tertiary/aromatic N) is 1. The number of carbonyl (C=O) groups excluding carboxylic acids is 1. The van der Waals surface area contributed by atoms with Gasteiger partial charge in [0.1, 0.15) is 11.5 Å². The number of hydrogen-bond acceptors (Lipinski definition) is 7. The van der Waals surface area contributed by atoms with Gasteiger partial charge >= 0.3 is 12.1 Å². The van der Waals surface area contributed by atoms with Gasteiger partial charge in [0.15, 0.2) is 0 Å². The van der Waals surface area contributed by atoms with Crippen LogP contribution in [0.3, 0.4) is 0 Å². The van der Waals surface area contributed by atoms with Gasteiger partial charge in [0, 0.05) is 19.2 Å². The predicted octanol–water partition coefficient (Wildman–Crippen LogP) is 7.97. The molecule has 0 aliphatic heterocycles. The highest BCUT2D eigenvalue weighted by Crippen LogP contribution is 2.52. The maximum Gasteiger partial charge on any atom is 0.412 e. The van der Waals surface area contributed by atoms with Crippen molar-refractivity contribution in [2.75, 3.05) is 5.32 Å². The number of rotatable bonds is 6. The number of anilines is 1. The van der Waals surface area contributed by atoms with Crippen LogP contribution >= 0.6 is 34.2 Å². The molecule has 3 aromatic heterocycles. The minimum absolute atomic E-state index is 0.375. The van der Waals surface area contributed by atoms with Crippen molar-refractivity contribution in [3.63, 3.8) is 0 Å². The summed E-state index contributed by atoms with van der Waals surface area (Å²) >= 11 is 4.56. The third-order valence-corrected chi connectivity index (χ3v) is 10.2. The molecule has 9 heteroatoms. The second-order valence-corrected chi connectivity index (χ2v) is 12.0. The minimum Gasteiger partial charge on any atom is -0.481 e. The molecule has 2 N–H and O–H groups in total. The molecule has 0 saturated heterocycles. The number of amides is 1. The number of aliphatic carboxylic acids is 1. The molecule has 3 heterocycles. The number of hydrogen-bond donors (Lipinski definition) is 2. The largest absolute Gasteiger partial charge is 0.481 e. The normalized spacial score (nSPS) is 15.2. The number of fused-ring (bicyclic) bond motifs is 2. The minimum atomic E-state index is -0.726. The summed E-state index contributed by atoms with van der Waals surface area (Å²) < 4.78 is 12.3. The molecule has 1 amide bonds. The molecule has 1 saturated carbocycles. The lowest BCUT2D eigenvalue weighted by atomic mass is 10.0. The van der Waals surface area contributed by atoms with Gasteiger partial charge in [-0.05, 0) is 78.8 Å². The standard InChI is InChI=1S/C27H22N2O4S3/c1-14-23(28-26(32)33-15(2)16-6-4-3-5-7-16)24(36-29-14)21-12-17-10-20-18(11-19(17)34-21)13-22(35-20)27(8-9-27)25(30)31/h3-7,10-13,15H,8-9H2,1-2H3,(H,28,32)(H,30,31)/t15-/m1/s1. The lowest BCUT2D eigenvalue weighted by molar-refractivity contribution is -0.139. The van der Waals surface area contributed by atoms with Crippen LogP contribution in [0.2, 0.25) is 0 Å². The van der Waals surface area contributed by atoms with Crippen molar-refractivity contribution in [1.29, 1.82) is 0 Å². The third kappa shape index (κ3) is 3.97. The zero-order valence-corrected chi connectivity index (χ0v) is 22.0. The van der Waals surface area contributed by atoms with Crippen LogP contribution in [0.1, 0.15) is 42.0 Å². The number of carboxylic acids is 1. The molecule has 6 nitrogen and oxygen atoms in total. The number of ether oxygens (including phenoxy) is 1. The van der Waals surface area contributed by atoms with Crippen LogP contribution in [0.25, 0.3) is 29.9 Å². The van der Waals surface area contributed by atoms with Crippen LogP contribution in [0.4, 0.5) is 10.5 Å². The van der Waals surface area contributed by atoms with E-state index in [9.17, 15) is 14.7 Å². The molecule has 0 bridgehead atoms. The first-order valence-corrected chi connectivity index (χ1v) is 13.9. The summed E-state index contributed by atoms with van der Waals surface area (Å²) in [6.07, 6.45) is 0.527. The summed E-state index contributed by atoms with van der Waals surface area (Å²) in [5, 5.41) is 14.7. The molecule has 1 aliphatic rings. The van der Waals surface area contributed by atoms with Gasteiger partial charge in [-0.1, -0.05) is 30.3 Å². The van der Waals surface area contributed by atoms with Crippen LogP contribution in [-0.4, -0.2) is 21.5 Å². The Morgan fingerprint density at radius 3 is 2.44 bits per heavy atom. The zero-order valence-electron chi connectivity index (χ0n) is 19.5. The van der Waals surface area contributed by atoms with Crippen LogP contribution in [0.15, 0.2) is 54.6 Å². The van der Waals surface area contributed by atoms with E-state index in [4.69, 9.17) is 4.74 Å². The SMILES string of the molecule is Cc1nsc(-c2cc3cc4sc(C5(C(=O)O)CC5)cc4cc3s2)c1NC(=O)O[C@H](C)c1ccccc1. The van der Waals surface area contributed by atoms with Crippen molar-refractivity contribution < 1.29 is 19.4 Å². The highest BCUT2D eigenvalue weighted by atomic mass is 32.1. The second kappa shape index (κ2) is 8.69. The number of thiophene rings is 2. The van der Waals surface area contributed by atoms with Gasteiger partial charge in [0.05, 0.1) is 16.3 Å². The fourth-order valence-corrected chi connectivity index (χ4v) is 7.75. The summed E-state index contributed by atoms with van der Waals surface area (Å²) in [6, 6.07) is 18.0. The van der Waals surface area contributed by atoms with E-state index in [0.29, 0.717) is 18.5 Å². The summed E-state index contributed by atoms with van der Waals surface area (Å²) in [5.41, 5.74) is 1.65. The van der Waals surface area contributed by atoms with E-state index in [0.717, 1.165) is 46.1 Å². The Bertz CT molecular complexity index is 1580. The molecule has 1 atom stereocenters. The zero-order chi connectivity index (χ0) is 25.0. The van der Waals surface area contributed by atoms with Crippen molar-refractivity contribution in [2.45, 2.75) is 38.2 Å². The van der Waals surface area contributed by atoms with Gasteiger partial charge in [-0.25, -0.2) is 4.79 Å². The monoisotopic (exact) mass is 534 g/mol. The first kappa shape index (κ1) is 23.1. The maximum absolute atomic E-state index is 12.7. The van der Waals surface area contributed by atoms with Crippen LogP contribution in [-0.2, 0) is 14.9 Å². The van der Waals surface area contributed by atoms with E-state index in [1.807, 2.05) is 50.2 Å². The van der Waals surface area contributed by atoms with E-state index in [-0.39, 0.29) is 6.10 Å². The number of carbonyl (C=O) groups is 2. The summed E-state index contributed by atoms with van der Waals surface area (Å²) in [6.45, 7) is 3.72. The molecule has 2 aromatic carbocycles. The van der Waals surface area contributed by atoms with E-state index in [2.05, 4.69) is 27.9 Å². The Morgan fingerprint density at radius 2 is 1.75 bits per heavy atom. The van der Waals surface area contributed by atoms with Gasteiger partial charge in [0.25, 0.3) is 0 Å². The molecule has 5 aromatic rings. The molecular weight excluding hydrogens is 513 g/mol. The van der Waals surface area contributed by atoms with E-state index >= 15 is 0 Å². The van der Waals surface area contributed by atoms with Crippen molar-refractivity contribution in [3.8, 4) is 9.75 Å². The Labute approximate surface area is 219 Å². The Morgan fingerprint density at radius 1 is 1.06 bits per heavy atom. The summed E-state index contributed by atoms with van der Waals surface area (Å²) in [7, 11) is 0. The van der Waals surface area contributed by atoms with Gasteiger partial charge < -0.3 is 9.84 Å². The summed E-state index contributed by atoms with van der Waals surface area (Å²) in [4.78, 5) is 27.3. The quantitative estimate of drug-likeness (QED) is 0.231. The highest BCUT2D eigenvalue weighted by molar-refractivity contribution is 7.25. The third-order valence-electron chi connectivity index (χ3n) is 6.65. The number of carboxylic acid groups (broad SMARTS) is 1. The predicted molar refractivity (Wildman–Crippen MR) is 147 cm³/mol. The fourth-order valence-electron chi connectivity index (χ4n) is 4.38. The van der Waals surface area contributed by atoms with Gasteiger partial charge in [-0.2, -0.15) is 4.37 Å². The van der Waals surface area contributed by atoms with Crippen LogP contribution in [0.5, 0.6) is 0 Å². The molecule has 36 heavy (non-hydrogen) atoms. The average molecular weight is 535 g/mol. The Hall–Kier alpha value is -3.27. The Balaban J connectivity index is 1.27. The lowest BCUT2D eigenvalue weighted by Gasteiger charge is -2.14. The maximum atomic E-state index is 12.7. The smallest absolute Gasteiger partial charge is 0.412 e. The number of nitrogens with one attached hydrogen (secondary N) is 1. The summed E-state index contributed by atoms with van der Waals surface area (Å²) in [5.74, 6) is -0.726. The van der Waals surface area contributed by atoms with Gasteiger partial charge in [-0.15, -0.1) is 22.7 Å². The van der Waals surface area contributed by atoms with E-state index < -0.39 is 17.5 Å². The van der Waals surface area contributed by atoms with Crippen LogP contribution in [0, 0.1) is 6.92 Å². The van der Waals surface area contributed by atoms with Crippen LogP contribution < -0.4 is 5.32 Å². The molecular formula is C27H22N2O4S3. The lowest BCUT2D eigenvalue weighted by Crippen LogP contribution is -2.17.